The van der Waals surface area contributed by atoms with Crippen LogP contribution in [0.15, 0.2) is 42.5 Å². The van der Waals surface area contributed by atoms with Crippen LogP contribution >= 0.6 is 11.6 Å². The van der Waals surface area contributed by atoms with E-state index in [1.807, 2.05) is 12.1 Å². The van der Waals surface area contributed by atoms with Gasteiger partial charge in [-0.15, -0.1) is 0 Å². The molecule has 0 fully saturated rings. The summed E-state index contributed by atoms with van der Waals surface area (Å²) in [6.45, 7) is 0.431. The molecule has 0 saturated carbocycles. The van der Waals surface area contributed by atoms with E-state index in [1.54, 1.807) is 18.2 Å². The topological polar surface area (TPSA) is 26.0 Å². The molecule has 0 aromatic heterocycles. The van der Waals surface area contributed by atoms with Crippen LogP contribution in [0, 0.1) is 11.6 Å². The average molecular weight is 282 g/mol. The molecule has 0 radical (unpaired) electrons. The van der Waals surface area contributed by atoms with Gasteiger partial charge in [0.15, 0.2) is 11.6 Å². The van der Waals surface area contributed by atoms with Crippen molar-refractivity contribution < 1.29 is 8.78 Å². The van der Waals surface area contributed by atoms with E-state index >= 15 is 0 Å². The number of halogens is 3. The molecule has 0 amide bonds. The Morgan fingerprint density at radius 2 is 1.68 bits per heavy atom. The fourth-order valence-electron chi connectivity index (χ4n) is 2.02. The van der Waals surface area contributed by atoms with E-state index in [4.69, 9.17) is 17.3 Å². The second kappa shape index (κ2) is 6.13. The van der Waals surface area contributed by atoms with Gasteiger partial charge in [-0.05, 0) is 48.4 Å². The van der Waals surface area contributed by atoms with Crippen LogP contribution in [-0.2, 0) is 6.42 Å². The van der Waals surface area contributed by atoms with Crippen molar-refractivity contribution >= 4 is 11.6 Å². The Morgan fingerprint density at radius 3 is 2.26 bits per heavy atom. The van der Waals surface area contributed by atoms with E-state index < -0.39 is 11.6 Å². The molecule has 1 atom stereocenters. The summed E-state index contributed by atoms with van der Waals surface area (Å²) in [6.07, 6.45) is 0.565. The lowest BCUT2D eigenvalue weighted by atomic mass is 9.92. The highest BCUT2D eigenvalue weighted by molar-refractivity contribution is 6.30. The molecule has 1 unspecified atom stereocenters. The molecule has 0 aliphatic carbocycles. The first-order valence-electron chi connectivity index (χ1n) is 5.99. The summed E-state index contributed by atoms with van der Waals surface area (Å²) in [6, 6.07) is 11.3. The van der Waals surface area contributed by atoms with Crippen molar-refractivity contribution in [2.45, 2.75) is 12.3 Å². The SMILES string of the molecule is NCC(Cc1ccc(F)c(F)c1)c1ccc(Cl)cc1. The lowest BCUT2D eigenvalue weighted by molar-refractivity contribution is 0.506. The second-order valence-electron chi connectivity index (χ2n) is 4.44. The lowest BCUT2D eigenvalue weighted by Gasteiger charge is -2.15. The Kier molecular flexibility index (Phi) is 4.51. The van der Waals surface area contributed by atoms with Crippen LogP contribution < -0.4 is 5.73 Å². The maximum Gasteiger partial charge on any atom is 0.159 e. The molecular weight excluding hydrogens is 268 g/mol. The second-order valence-corrected chi connectivity index (χ2v) is 4.87. The zero-order valence-corrected chi connectivity index (χ0v) is 11.0. The van der Waals surface area contributed by atoms with E-state index in [1.165, 1.54) is 6.07 Å². The van der Waals surface area contributed by atoms with Crippen LogP contribution in [0.25, 0.3) is 0 Å². The molecule has 2 rings (SSSR count). The van der Waals surface area contributed by atoms with Gasteiger partial charge >= 0.3 is 0 Å². The molecule has 0 spiro atoms. The average Bonchev–Trinajstić information content (AvgIpc) is 2.41. The van der Waals surface area contributed by atoms with Gasteiger partial charge in [0, 0.05) is 10.9 Å². The van der Waals surface area contributed by atoms with E-state index in [-0.39, 0.29) is 5.92 Å². The Bertz CT molecular complexity index is 555. The van der Waals surface area contributed by atoms with Crippen molar-refractivity contribution in [3.05, 3.63) is 70.2 Å². The highest BCUT2D eigenvalue weighted by Crippen LogP contribution is 2.22. The van der Waals surface area contributed by atoms with Gasteiger partial charge in [0.2, 0.25) is 0 Å². The summed E-state index contributed by atoms with van der Waals surface area (Å²) in [7, 11) is 0. The molecule has 4 heteroatoms. The molecule has 0 aliphatic heterocycles. The molecule has 0 bridgehead atoms. The van der Waals surface area contributed by atoms with Crippen LogP contribution in [0.2, 0.25) is 5.02 Å². The van der Waals surface area contributed by atoms with Gasteiger partial charge in [-0.25, -0.2) is 8.78 Å². The van der Waals surface area contributed by atoms with Gasteiger partial charge in [-0.2, -0.15) is 0 Å². The molecule has 2 aromatic carbocycles. The summed E-state index contributed by atoms with van der Waals surface area (Å²) >= 11 is 5.84. The molecule has 0 aliphatic rings. The number of nitrogens with two attached hydrogens (primary N) is 1. The highest BCUT2D eigenvalue weighted by Gasteiger charge is 2.12. The number of hydrogen-bond donors (Lipinski definition) is 1. The summed E-state index contributed by atoms with van der Waals surface area (Å²) in [5.41, 5.74) is 7.52. The molecule has 2 N–H and O–H groups in total. The smallest absolute Gasteiger partial charge is 0.159 e. The summed E-state index contributed by atoms with van der Waals surface area (Å²) in [5.74, 6) is -1.61. The van der Waals surface area contributed by atoms with Crippen molar-refractivity contribution in [2.24, 2.45) is 5.73 Å². The van der Waals surface area contributed by atoms with Gasteiger partial charge in [0.05, 0.1) is 0 Å². The third-order valence-corrected chi connectivity index (χ3v) is 3.34. The van der Waals surface area contributed by atoms with Gasteiger partial charge < -0.3 is 5.73 Å². The summed E-state index contributed by atoms with van der Waals surface area (Å²) in [4.78, 5) is 0. The van der Waals surface area contributed by atoms with Crippen LogP contribution in [0.3, 0.4) is 0 Å². The maximum absolute atomic E-state index is 13.2. The van der Waals surface area contributed by atoms with Crippen LogP contribution in [0.1, 0.15) is 17.0 Å². The molecular formula is C15H14ClF2N. The van der Waals surface area contributed by atoms with Gasteiger partial charge in [0.25, 0.3) is 0 Å². The number of rotatable bonds is 4. The predicted molar refractivity (Wildman–Crippen MR) is 73.3 cm³/mol. The number of benzene rings is 2. The van der Waals surface area contributed by atoms with E-state index in [2.05, 4.69) is 0 Å². The fraction of sp³-hybridized carbons (Fsp3) is 0.200. The van der Waals surface area contributed by atoms with Crippen molar-refractivity contribution in [2.75, 3.05) is 6.54 Å². The quantitative estimate of drug-likeness (QED) is 0.904. The number of hydrogen-bond acceptors (Lipinski definition) is 1. The van der Waals surface area contributed by atoms with Gasteiger partial charge in [-0.3, -0.25) is 0 Å². The van der Waals surface area contributed by atoms with E-state index in [0.29, 0.717) is 18.0 Å². The highest BCUT2D eigenvalue weighted by atomic mass is 35.5. The zero-order chi connectivity index (χ0) is 13.8. The first-order valence-corrected chi connectivity index (χ1v) is 6.37. The van der Waals surface area contributed by atoms with Crippen molar-refractivity contribution in [1.82, 2.24) is 0 Å². The Labute approximate surface area is 116 Å². The minimum absolute atomic E-state index is 0.0575. The molecule has 2 aromatic rings. The Morgan fingerprint density at radius 1 is 1.00 bits per heavy atom. The normalized spacial score (nSPS) is 12.4. The molecule has 100 valence electrons. The van der Waals surface area contributed by atoms with E-state index in [0.717, 1.165) is 17.2 Å². The predicted octanol–water partition coefficient (Wildman–Crippen LogP) is 3.90. The largest absolute Gasteiger partial charge is 0.330 e. The first-order chi connectivity index (χ1) is 9.10. The fourth-order valence-corrected chi connectivity index (χ4v) is 2.15. The zero-order valence-electron chi connectivity index (χ0n) is 10.2. The van der Waals surface area contributed by atoms with E-state index in [9.17, 15) is 8.78 Å². The Hall–Kier alpha value is -1.45. The van der Waals surface area contributed by atoms with Crippen molar-refractivity contribution in [1.29, 1.82) is 0 Å². The van der Waals surface area contributed by atoms with Crippen LogP contribution in [-0.4, -0.2) is 6.54 Å². The summed E-state index contributed by atoms with van der Waals surface area (Å²) in [5, 5.41) is 0.660. The maximum atomic E-state index is 13.2. The third-order valence-electron chi connectivity index (χ3n) is 3.09. The third kappa shape index (κ3) is 3.52. The molecule has 19 heavy (non-hydrogen) atoms. The standard InChI is InChI=1S/C15H14ClF2N/c16-13-4-2-11(3-5-13)12(9-19)7-10-1-6-14(17)15(18)8-10/h1-6,8,12H,7,9,19H2. The first kappa shape index (κ1) is 14.0. The monoisotopic (exact) mass is 281 g/mol. The van der Waals surface area contributed by atoms with Crippen molar-refractivity contribution in [3.8, 4) is 0 Å². The van der Waals surface area contributed by atoms with Gasteiger partial charge in [0.1, 0.15) is 0 Å². The van der Waals surface area contributed by atoms with Crippen molar-refractivity contribution in [3.63, 3.8) is 0 Å². The summed E-state index contributed by atoms with van der Waals surface area (Å²) < 4.78 is 26.0. The lowest BCUT2D eigenvalue weighted by Crippen LogP contribution is -2.15. The molecule has 0 saturated heterocycles. The Balaban J connectivity index is 2.18. The van der Waals surface area contributed by atoms with Gasteiger partial charge in [-0.1, -0.05) is 29.8 Å². The molecule has 0 heterocycles. The molecule has 1 nitrogen and oxygen atoms in total. The van der Waals surface area contributed by atoms with Crippen LogP contribution in [0.5, 0.6) is 0 Å². The minimum atomic E-state index is -0.834. The minimum Gasteiger partial charge on any atom is -0.330 e. The van der Waals surface area contributed by atoms with Crippen LogP contribution in [0.4, 0.5) is 8.78 Å².